The molecule has 0 aliphatic rings. The average molecular weight is 282 g/mol. The molecule has 0 spiro atoms. The van der Waals surface area contributed by atoms with Crippen LogP contribution < -0.4 is 10.3 Å². The van der Waals surface area contributed by atoms with Crippen LogP contribution in [0.25, 0.3) is 11.1 Å². The second-order valence-electron chi connectivity index (χ2n) is 3.52. The van der Waals surface area contributed by atoms with E-state index >= 15 is 0 Å². The SMILES string of the molecule is O=S([O-])NNc1cc(Cl)ccc1-c1ccccc1. The summed E-state index contributed by atoms with van der Waals surface area (Å²) >= 11 is 3.51. The van der Waals surface area contributed by atoms with Crippen LogP contribution in [0, 0.1) is 0 Å². The van der Waals surface area contributed by atoms with Crippen LogP contribution in [0.15, 0.2) is 48.5 Å². The maximum Gasteiger partial charge on any atom is 0.0590 e. The Kier molecular flexibility index (Phi) is 4.33. The summed E-state index contributed by atoms with van der Waals surface area (Å²) < 4.78 is 21.0. The molecule has 0 amide bonds. The highest BCUT2D eigenvalue weighted by Crippen LogP contribution is 2.29. The zero-order valence-corrected chi connectivity index (χ0v) is 10.8. The zero-order chi connectivity index (χ0) is 13.0. The maximum absolute atomic E-state index is 10.5. The largest absolute Gasteiger partial charge is 0.759 e. The smallest absolute Gasteiger partial charge is 0.0590 e. The lowest BCUT2D eigenvalue weighted by Crippen LogP contribution is -2.23. The predicted molar refractivity (Wildman–Crippen MR) is 72.6 cm³/mol. The Balaban J connectivity index is 2.37. The monoisotopic (exact) mass is 281 g/mol. The highest BCUT2D eigenvalue weighted by molar-refractivity contribution is 7.77. The Morgan fingerprint density at radius 1 is 1.11 bits per heavy atom. The summed E-state index contributed by atoms with van der Waals surface area (Å²) in [6.45, 7) is 0. The fourth-order valence-corrected chi connectivity index (χ4v) is 1.95. The molecule has 1 atom stereocenters. The van der Waals surface area contributed by atoms with E-state index in [9.17, 15) is 8.76 Å². The average Bonchev–Trinajstić information content (AvgIpc) is 2.37. The van der Waals surface area contributed by atoms with Crippen molar-refractivity contribution in [3.8, 4) is 11.1 Å². The molecule has 2 aromatic carbocycles. The molecule has 6 heteroatoms. The van der Waals surface area contributed by atoms with Crippen molar-refractivity contribution in [3.63, 3.8) is 0 Å². The normalized spacial score (nSPS) is 12.1. The molecule has 0 heterocycles. The van der Waals surface area contributed by atoms with Gasteiger partial charge in [0.25, 0.3) is 0 Å². The van der Waals surface area contributed by atoms with Gasteiger partial charge in [0.05, 0.1) is 5.69 Å². The lowest BCUT2D eigenvalue weighted by Gasteiger charge is -2.14. The Bertz CT molecular complexity index is 563. The van der Waals surface area contributed by atoms with Crippen LogP contribution in [0.4, 0.5) is 5.69 Å². The highest BCUT2D eigenvalue weighted by atomic mass is 35.5. The number of benzene rings is 2. The van der Waals surface area contributed by atoms with E-state index in [0.29, 0.717) is 10.7 Å². The van der Waals surface area contributed by atoms with Crippen LogP contribution in [0.5, 0.6) is 0 Å². The molecule has 0 saturated heterocycles. The number of anilines is 1. The summed E-state index contributed by atoms with van der Waals surface area (Å²) in [7, 11) is 0. The number of nitrogens with one attached hydrogen (secondary N) is 2. The summed E-state index contributed by atoms with van der Waals surface area (Å²) in [4.78, 5) is 2.11. The Labute approximate surface area is 112 Å². The van der Waals surface area contributed by atoms with Gasteiger partial charge in [0, 0.05) is 21.9 Å². The molecule has 2 aromatic rings. The first-order valence-electron chi connectivity index (χ1n) is 5.13. The number of hydrogen-bond donors (Lipinski definition) is 2. The van der Waals surface area contributed by atoms with Crippen molar-refractivity contribution in [1.82, 2.24) is 4.83 Å². The van der Waals surface area contributed by atoms with Crippen molar-refractivity contribution < 1.29 is 8.76 Å². The van der Waals surface area contributed by atoms with Crippen molar-refractivity contribution in [3.05, 3.63) is 53.6 Å². The van der Waals surface area contributed by atoms with Crippen LogP contribution >= 0.6 is 11.6 Å². The second-order valence-corrected chi connectivity index (χ2v) is 4.63. The van der Waals surface area contributed by atoms with Crippen molar-refractivity contribution >= 4 is 28.6 Å². The van der Waals surface area contributed by atoms with Gasteiger partial charge in [0.15, 0.2) is 0 Å². The Hall–Kier alpha value is -1.40. The zero-order valence-electron chi connectivity index (χ0n) is 9.22. The predicted octanol–water partition coefficient (Wildman–Crippen LogP) is 2.72. The molecule has 0 radical (unpaired) electrons. The Morgan fingerprint density at radius 3 is 2.50 bits per heavy atom. The summed E-state index contributed by atoms with van der Waals surface area (Å²) in [5, 5.41) is 0.524. The molecule has 0 fully saturated rings. The first-order chi connectivity index (χ1) is 8.66. The van der Waals surface area contributed by atoms with Gasteiger partial charge < -0.3 is 9.98 Å². The minimum Gasteiger partial charge on any atom is -0.759 e. The van der Waals surface area contributed by atoms with Gasteiger partial charge in [0.1, 0.15) is 0 Å². The quantitative estimate of drug-likeness (QED) is 0.669. The molecule has 2 rings (SSSR count). The molecule has 0 aliphatic heterocycles. The van der Waals surface area contributed by atoms with Crippen molar-refractivity contribution in [1.29, 1.82) is 0 Å². The third-order valence-corrected chi connectivity index (χ3v) is 2.84. The van der Waals surface area contributed by atoms with Gasteiger partial charge in [-0.15, -0.1) is 0 Å². The van der Waals surface area contributed by atoms with E-state index in [2.05, 4.69) is 10.3 Å². The van der Waals surface area contributed by atoms with E-state index in [-0.39, 0.29) is 0 Å². The van der Waals surface area contributed by atoms with Gasteiger partial charge in [0.2, 0.25) is 0 Å². The van der Waals surface area contributed by atoms with Crippen molar-refractivity contribution in [2.45, 2.75) is 0 Å². The van der Waals surface area contributed by atoms with Crippen LogP contribution in [0.2, 0.25) is 5.02 Å². The second kappa shape index (κ2) is 5.97. The first kappa shape index (κ1) is 13.0. The summed E-state index contributed by atoms with van der Waals surface area (Å²) in [5.41, 5.74) is 5.03. The number of hydrogen-bond acceptors (Lipinski definition) is 3. The van der Waals surface area contributed by atoms with Gasteiger partial charge >= 0.3 is 0 Å². The molecule has 2 N–H and O–H groups in total. The van der Waals surface area contributed by atoms with Gasteiger partial charge in [-0.05, 0) is 17.7 Å². The van der Waals surface area contributed by atoms with Gasteiger partial charge in [-0.2, -0.15) is 4.83 Å². The van der Waals surface area contributed by atoms with E-state index in [1.807, 2.05) is 36.4 Å². The molecule has 4 nitrogen and oxygen atoms in total. The highest BCUT2D eigenvalue weighted by Gasteiger charge is 2.05. The van der Waals surface area contributed by atoms with Gasteiger partial charge in [-0.1, -0.05) is 48.0 Å². The van der Waals surface area contributed by atoms with Crippen LogP contribution in [-0.4, -0.2) is 8.76 Å². The molecule has 1 unspecified atom stereocenters. The fourth-order valence-electron chi connectivity index (χ4n) is 1.59. The van der Waals surface area contributed by atoms with Crippen LogP contribution in [0.1, 0.15) is 0 Å². The fraction of sp³-hybridized carbons (Fsp3) is 0. The molecular weight excluding hydrogens is 272 g/mol. The molecule has 0 aliphatic carbocycles. The maximum atomic E-state index is 10.5. The molecule has 0 bridgehead atoms. The van der Waals surface area contributed by atoms with Crippen molar-refractivity contribution in [2.24, 2.45) is 0 Å². The number of halogens is 1. The minimum absolute atomic E-state index is 0.524. The van der Waals surface area contributed by atoms with Gasteiger partial charge in [-0.25, -0.2) is 0 Å². The van der Waals surface area contributed by atoms with E-state index in [0.717, 1.165) is 11.1 Å². The van der Waals surface area contributed by atoms with Crippen LogP contribution in [0.3, 0.4) is 0 Å². The minimum atomic E-state index is -2.39. The third kappa shape index (κ3) is 3.30. The van der Waals surface area contributed by atoms with E-state index in [1.165, 1.54) is 0 Å². The Morgan fingerprint density at radius 2 is 1.83 bits per heavy atom. The van der Waals surface area contributed by atoms with Crippen LogP contribution in [-0.2, 0) is 11.3 Å². The number of rotatable bonds is 4. The first-order valence-corrected chi connectivity index (χ1v) is 6.58. The molecular formula is C12H10ClN2O2S-. The van der Waals surface area contributed by atoms with E-state index < -0.39 is 11.3 Å². The summed E-state index contributed by atoms with van der Waals surface area (Å²) in [5.74, 6) is 0. The molecule has 94 valence electrons. The van der Waals surface area contributed by atoms with E-state index in [4.69, 9.17) is 11.6 Å². The summed E-state index contributed by atoms with van der Waals surface area (Å²) in [6, 6.07) is 14.8. The van der Waals surface area contributed by atoms with Gasteiger partial charge in [-0.3, -0.25) is 4.21 Å². The van der Waals surface area contributed by atoms with E-state index in [1.54, 1.807) is 12.1 Å². The lowest BCUT2D eigenvalue weighted by molar-refractivity contribution is 0.528. The summed E-state index contributed by atoms with van der Waals surface area (Å²) in [6.07, 6.45) is 0. The molecule has 18 heavy (non-hydrogen) atoms. The molecule has 0 saturated carbocycles. The molecule has 0 aromatic heterocycles. The topological polar surface area (TPSA) is 64.2 Å². The lowest BCUT2D eigenvalue weighted by atomic mass is 10.0. The number of hydrazine groups is 1. The third-order valence-electron chi connectivity index (χ3n) is 2.34. The van der Waals surface area contributed by atoms with Crippen molar-refractivity contribution in [2.75, 3.05) is 5.43 Å². The standard InChI is InChI=1S/C12H11ClN2O2S/c13-10-6-7-11(9-4-2-1-3-5-9)12(8-10)14-15-18(16)17/h1-8,14-15H,(H,16,17)/p-1.